The molecule has 0 spiro atoms. The number of likely N-dealkylation sites (tertiary alicyclic amines) is 1. The number of aromatic nitrogens is 1. The number of carbonyl (C=O) groups is 1. The lowest BCUT2D eigenvalue weighted by atomic mass is 9.86. The molecule has 0 radical (unpaired) electrons. The van der Waals surface area contributed by atoms with Crippen molar-refractivity contribution in [2.75, 3.05) is 20.2 Å². The van der Waals surface area contributed by atoms with Gasteiger partial charge in [-0.1, -0.05) is 18.2 Å². The molecule has 1 aromatic rings. The van der Waals surface area contributed by atoms with Crippen molar-refractivity contribution in [1.82, 2.24) is 15.2 Å². The van der Waals surface area contributed by atoms with Gasteiger partial charge >= 0.3 is 6.03 Å². The minimum atomic E-state index is 0.00954. The number of carbonyl (C=O) groups excluding carboxylic acids is 1. The van der Waals surface area contributed by atoms with Gasteiger partial charge in [0.05, 0.1) is 7.11 Å². The van der Waals surface area contributed by atoms with Gasteiger partial charge in [0, 0.05) is 31.4 Å². The second-order valence-electron chi connectivity index (χ2n) is 5.70. The first-order chi connectivity index (χ1) is 10.3. The maximum absolute atomic E-state index is 12.3. The third-order valence-corrected chi connectivity index (χ3v) is 4.38. The summed E-state index contributed by atoms with van der Waals surface area (Å²) in [6.45, 7) is 2.18. The second kappa shape index (κ2) is 6.16. The van der Waals surface area contributed by atoms with E-state index in [1.54, 1.807) is 13.3 Å². The molecule has 2 unspecified atom stereocenters. The van der Waals surface area contributed by atoms with Crippen molar-refractivity contribution in [1.29, 1.82) is 0 Å². The average molecular weight is 287 g/mol. The van der Waals surface area contributed by atoms with Crippen LogP contribution in [0.15, 0.2) is 30.5 Å². The van der Waals surface area contributed by atoms with Gasteiger partial charge in [0.15, 0.2) is 0 Å². The van der Waals surface area contributed by atoms with Gasteiger partial charge in [-0.3, -0.25) is 0 Å². The fraction of sp³-hybridized carbons (Fsp3) is 0.500. The minimum absolute atomic E-state index is 0.00954. The molecule has 2 heterocycles. The molecule has 1 fully saturated rings. The van der Waals surface area contributed by atoms with E-state index in [9.17, 15) is 4.79 Å². The molecule has 1 saturated heterocycles. The van der Waals surface area contributed by atoms with Crippen LogP contribution in [-0.4, -0.2) is 36.1 Å². The highest BCUT2D eigenvalue weighted by Crippen LogP contribution is 2.32. The lowest BCUT2D eigenvalue weighted by molar-refractivity contribution is 0.205. The summed E-state index contributed by atoms with van der Waals surface area (Å²) < 4.78 is 5.20. The van der Waals surface area contributed by atoms with Crippen molar-refractivity contribution >= 4 is 6.03 Å². The molecule has 1 aliphatic carbocycles. The Hall–Kier alpha value is -2.04. The number of allylic oxidation sites excluding steroid dienone is 2. The number of pyridine rings is 1. The molecule has 1 N–H and O–H groups in total. The quantitative estimate of drug-likeness (QED) is 0.867. The van der Waals surface area contributed by atoms with E-state index >= 15 is 0 Å². The van der Waals surface area contributed by atoms with Crippen LogP contribution in [0, 0.1) is 11.8 Å². The lowest BCUT2D eigenvalue weighted by Crippen LogP contribution is -2.38. The van der Waals surface area contributed by atoms with Crippen LogP contribution in [-0.2, 0) is 6.54 Å². The van der Waals surface area contributed by atoms with Crippen LogP contribution in [0.3, 0.4) is 0 Å². The highest BCUT2D eigenvalue weighted by atomic mass is 16.5. The maximum atomic E-state index is 12.3. The molecular formula is C16H21N3O2. The van der Waals surface area contributed by atoms with Gasteiger partial charge < -0.3 is 15.0 Å². The standard InChI is InChI=1S/C16H21N3O2/c1-21-15-12(7-4-8-17-15)9-18-16(20)19-10-13-5-2-3-6-14(13)11-19/h2-4,7-8,13-14H,5-6,9-11H2,1H3,(H,18,20). The third kappa shape index (κ3) is 3.01. The zero-order chi connectivity index (χ0) is 14.7. The first-order valence-corrected chi connectivity index (χ1v) is 7.43. The summed E-state index contributed by atoms with van der Waals surface area (Å²) >= 11 is 0. The Labute approximate surface area is 125 Å². The summed E-state index contributed by atoms with van der Waals surface area (Å²) in [5.74, 6) is 1.83. The van der Waals surface area contributed by atoms with Crippen LogP contribution in [0.25, 0.3) is 0 Å². The second-order valence-corrected chi connectivity index (χ2v) is 5.70. The summed E-state index contributed by atoms with van der Waals surface area (Å²) in [6.07, 6.45) is 8.37. The summed E-state index contributed by atoms with van der Waals surface area (Å²) in [5, 5.41) is 2.97. The molecule has 0 saturated carbocycles. The van der Waals surface area contributed by atoms with Crippen molar-refractivity contribution in [2.24, 2.45) is 11.8 Å². The van der Waals surface area contributed by atoms with Gasteiger partial charge in [0.1, 0.15) is 0 Å². The van der Waals surface area contributed by atoms with E-state index in [0.717, 1.165) is 31.5 Å². The molecule has 1 aliphatic heterocycles. The van der Waals surface area contributed by atoms with Crippen LogP contribution in [0.2, 0.25) is 0 Å². The number of urea groups is 1. The molecule has 2 atom stereocenters. The van der Waals surface area contributed by atoms with Crippen LogP contribution < -0.4 is 10.1 Å². The summed E-state index contributed by atoms with van der Waals surface area (Å²) in [4.78, 5) is 18.4. The largest absolute Gasteiger partial charge is 0.481 e. The van der Waals surface area contributed by atoms with Gasteiger partial charge in [0.25, 0.3) is 0 Å². The first kappa shape index (κ1) is 13.9. The molecule has 5 heteroatoms. The number of amides is 2. The Bertz CT molecular complexity index is 528. The summed E-state index contributed by atoms with van der Waals surface area (Å²) in [5.41, 5.74) is 0.895. The van der Waals surface area contributed by atoms with Gasteiger partial charge in [-0.2, -0.15) is 0 Å². The van der Waals surface area contributed by atoms with Gasteiger partial charge in [-0.15, -0.1) is 0 Å². The molecule has 1 aromatic heterocycles. The lowest BCUT2D eigenvalue weighted by Gasteiger charge is -2.17. The van der Waals surface area contributed by atoms with E-state index in [1.165, 1.54) is 0 Å². The van der Waals surface area contributed by atoms with E-state index in [2.05, 4.69) is 22.5 Å². The highest BCUT2D eigenvalue weighted by Gasteiger charge is 2.34. The fourth-order valence-corrected chi connectivity index (χ4v) is 3.21. The molecular weight excluding hydrogens is 266 g/mol. The van der Waals surface area contributed by atoms with E-state index in [0.29, 0.717) is 24.3 Å². The van der Waals surface area contributed by atoms with Crippen molar-refractivity contribution in [3.05, 3.63) is 36.0 Å². The predicted molar refractivity (Wildman–Crippen MR) is 80.0 cm³/mol. The monoisotopic (exact) mass is 287 g/mol. The molecule has 5 nitrogen and oxygen atoms in total. The van der Waals surface area contributed by atoms with Crippen molar-refractivity contribution < 1.29 is 9.53 Å². The number of methoxy groups -OCH3 is 1. The van der Waals surface area contributed by atoms with Crippen LogP contribution >= 0.6 is 0 Å². The molecule has 2 aliphatic rings. The predicted octanol–water partition coefficient (Wildman–Crippen LogP) is 2.20. The zero-order valence-corrected chi connectivity index (χ0v) is 12.3. The fourth-order valence-electron chi connectivity index (χ4n) is 3.21. The number of nitrogens with zero attached hydrogens (tertiary/aromatic N) is 2. The Morgan fingerprint density at radius 2 is 2.10 bits per heavy atom. The van der Waals surface area contributed by atoms with Crippen molar-refractivity contribution in [3.8, 4) is 5.88 Å². The summed E-state index contributed by atoms with van der Waals surface area (Å²) in [7, 11) is 1.59. The van der Waals surface area contributed by atoms with Crippen LogP contribution in [0.5, 0.6) is 5.88 Å². The zero-order valence-electron chi connectivity index (χ0n) is 12.3. The van der Waals surface area contributed by atoms with Crippen molar-refractivity contribution in [2.45, 2.75) is 19.4 Å². The van der Waals surface area contributed by atoms with Crippen LogP contribution in [0.4, 0.5) is 4.79 Å². The van der Waals surface area contributed by atoms with Gasteiger partial charge in [0.2, 0.25) is 5.88 Å². The first-order valence-electron chi connectivity index (χ1n) is 7.43. The third-order valence-electron chi connectivity index (χ3n) is 4.38. The van der Waals surface area contributed by atoms with E-state index < -0.39 is 0 Å². The number of nitrogens with one attached hydrogen (secondary N) is 1. The number of rotatable bonds is 3. The van der Waals surface area contributed by atoms with Crippen molar-refractivity contribution in [3.63, 3.8) is 0 Å². The molecule has 21 heavy (non-hydrogen) atoms. The number of hydrogen-bond donors (Lipinski definition) is 1. The topological polar surface area (TPSA) is 54.5 Å². The summed E-state index contributed by atoms with van der Waals surface area (Å²) in [6, 6.07) is 3.77. The molecule has 3 rings (SSSR count). The number of fused-ring (bicyclic) bond motifs is 1. The van der Waals surface area contributed by atoms with Gasteiger partial charge in [-0.05, 0) is 30.7 Å². The molecule has 0 bridgehead atoms. The van der Waals surface area contributed by atoms with Crippen LogP contribution in [0.1, 0.15) is 18.4 Å². The maximum Gasteiger partial charge on any atom is 0.317 e. The van der Waals surface area contributed by atoms with Gasteiger partial charge in [-0.25, -0.2) is 9.78 Å². The highest BCUT2D eigenvalue weighted by molar-refractivity contribution is 5.74. The molecule has 112 valence electrons. The SMILES string of the molecule is COc1ncccc1CNC(=O)N1CC2CC=CCC2C1. The van der Waals surface area contributed by atoms with E-state index in [4.69, 9.17) is 4.74 Å². The Morgan fingerprint density at radius 3 is 2.76 bits per heavy atom. The van der Waals surface area contributed by atoms with E-state index in [-0.39, 0.29) is 6.03 Å². The van der Waals surface area contributed by atoms with E-state index in [1.807, 2.05) is 17.0 Å². The minimum Gasteiger partial charge on any atom is -0.481 e. The smallest absolute Gasteiger partial charge is 0.317 e. The number of hydrogen-bond acceptors (Lipinski definition) is 3. The molecule has 0 aromatic carbocycles. The molecule has 2 amide bonds. The Balaban J connectivity index is 1.55. The average Bonchev–Trinajstić information content (AvgIpc) is 2.97. The Kier molecular flexibility index (Phi) is 4.08. The number of ether oxygens (including phenoxy) is 1. The Morgan fingerprint density at radius 1 is 1.38 bits per heavy atom. The normalized spacial score (nSPS) is 23.8.